The van der Waals surface area contributed by atoms with Crippen molar-refractivity contribution < 1.29 is 39.3 Å². The Morgan fingerprint density at radius 2 is 1.88 bits per heavy atom. The second-order valence-corrected chi connectivity index (χ2v) is 5.55. The van der Waals surface area contributed by atoms with Gasteiger partial charge in [-0.3, -0.25) is 0 Å². The molecule has 0 aromatic heterocycles. The monoisotopic (exact) mass is 370 g/mol. The van der Waals surface area contributed by atoms with Crippen molar-refractivity contribution in [3.8, 4) is 0 Å². The largest absolute Gasteiger partial charge is 0.458 e. The van der Waals surface area contributed by atoms with Crippen LogP contribution in [0.15, 0.2) is 42.5 Å². The van der Waals surface area contributed by atoms with Crippen LogP contribution in [0.1, 0.15) is 31.2 Å². The van der Waals surface area contributed by atoms with E-state index in [-0.39, 0.29) is 26.2 Å². The van der Waals surface area contributed by atoms with Crippen molar-refractivity contribution in [2.24, 2.45) is 0 Å². The van der Waals surface area contributed by atoms with Crippen molar-refractivity contribution in [3.05, 3.63) is 48.0 Å². The average Bonchev–Trinajstić information content (AvgIpc) is 2.69. The molecule has 0 amide bonds. The second kappa shape index (κ2) is 13.4. The summed E-state index contributed by atoms with van der Waals surface area (Å²) in [6, 6.07) is 9.33. The zero-order chi connectivity index (χ0) is 19.1. The normalized spacial score (nSPS) is 11.8. The molecule has 0 aliphatic carbocycles. The van der Waals surface area contributed by atoms with Gasteiger partial charge in [-0.05, 0) is 18.4 Å². The molecule has 0 spiro atoms. The SMILES string of the molecule is COCOCCCC(CC/C=C/C(=O)OCc1ccccc1)(OO)OO. The summed E-state index contributed by atoms with van der Waals surface area (Å²) in [5.41, 5.74) is 0.895. The Morgan fingerprint density at radius 1 is 1.15 bits per heavy atom. The Morgan fingerprint density at radius 3 is 2.54 bits per heavy atom. The number of hydrogen-bond acceptors (Lipinski definition) is 8. The summed E-state index contributed by atoms with van der Waals surface area (Å²) in [4.78, 5) is 20.2. The summed E-state index contributed by atoms with van der Waals surface area (Å²) in [5.74, 6) is -2.06. The Balaban J connectivity index is 2.31. The molecule has 0 heterocycles. The number of benzene rings is 1. The minimum absolute atomic E-state index is 0.132. The van der Waals surface area contributed by atoms with Gasteiger partial charge in [0.15, 0.2) is 0 Å². The van der Waals surface area contributed by atoms with Gasteiger partial charge in [-0.1, -0.05) is 36.4 Å². The van der Waals surface area contributed by atoms with Crippen LogP contribution in [0.2, 0.25) is 0 Å². The van der Waals surface area contributed by atoms with E-state index in [4.69, 9.17) is 24.7 Å². The number of hydrogen-bond donors (Lipinski definition) is 2. The molecule has 0 fully saturated rings. The van der Waals surface area contributed by atoms with E-state index in [1.165, 1.54) is 13.2 Å². The van der Waals surface area contributed by atoms with Gasteiger partial charge in [-0.2, -0.15) is 0 Å². The van der Waals surface area contributed by atoms with E-state index in [1.807, 2.05) is 30.3 Å². The lowest BCUT2D eigenvalue weighted by atomic mass is 10.0. The zero-order valence-electron chi connectivity index (χ0n) is 14.8. The van der Waals surface area contributed by atoms with Gasteiger partial charge < -0.3 is 14.2 Å². The highest BCUT2D eigenvalue weighted by atomic mass is 17.2. The molecule has 1 rings (SSSR count). The average molecular weight is 370 g/mol. The van der Waals surface area contributed by atoms with Gasteiger partial charge in [0.05, 0.1) is 0 Å². The van der Waals surface area contributed by atoms with Crippen LogP contribution in [0, 0.1) is 0 Å². The highest BCUT2D eigenvalue weighted by Crippen LogP contribution is 2.24. The zero-order valence-corrected chi connectivity index (χ0v) is 14.8. The van der Waals surface area contributed by atoms with E-state index in [0.717, 1.165) is 5.56 Å². The fraction of sp³-hybridized carbons (Fsp3) is 0.500. The first-order valence-corrected chi connectivity index (χ1v) is 8.25. The summed E-state index contributed by atoms with van der Waals surface area (Å²) in [7, 11) is 1.51. The molecule has 8 nitrogen and oxygen atoms in total. The fourth-order valence-corrected chi connectivity index (χ4v) is 2.17. The van der Waals surface area contributed by atoms with Crippen molar-refractivity contribution in [1.29, 1.82) is 0 Å². The number of carbonyl (C=O) groups is 1. The number of rotatable bonds is 14. The molecule has 0 saturated heterocycles. The molecule has 0 aliphatic heterocycles. The molecule has 1 aromatic rings. The second-order valence-electron chi connectivity index (χ2n) is 5.55. The van der Waals surface area contributed by atoms with Gasteiger partial charge in [0.2, 0.25) is 5.79 Å². The predicted molar refractivity (Wildman–Crippen MR) is 91.8 cm³/mol. The van der Waals surface area contributed by atoms with Gasteiger partial charge in [0.1, 0.15) is 13.4 Å². The molecule has 0 bridgehead atoms. The Kier molecular flexibility index (Phi) is 11.5. The Labute approximate surface area is 152 Å². The molecule has 0 unspecified atom stereocenters. The number of carbonyl (C=O) groups excluding carboxylic acids is 1. The molecule has 0 aliphatic rings. The van der Waals surface area contributed by atoms with Gasteiger partial charge in [-0.25, -0.2) is 25.1 Å². The van der Waals surface area contributed by atoms with E-state index in [0.29, 0.717) is 19.4 Å². The lowest BCUT2D eigenvalue weighted by Gasteiger charge is -2.26. The van der Waals surface area contributed by atoms with Crippen LogP contribution in [0.3, 0.4) is 0 Å². The van der Waals surface area contributed by atoms with E-state index >= 15 is 0 Å². The molecule has 8 heteroatoms. The smallest absolute Gasteiger partial charge is 0.330 e. The first-order chi connectivity index (χ1) is 12.7. The maximum absolute atomic E-state index is 11.7. The highest BCUT2D eigenvalue weighted by Gasteiger charge is 2.32. The lowest BCUT2D eigenvalue weighted by Crippen LogP contribution is -2.34. The molecule has 146 valence electrons. The van der Waals surface area contributed by atoms with Gasteiger partial charge >= 0.3 is 5.97 Å². The molecule has 26 heavy (non-hydrogen) atoms. The molecular weight excluding hydrogens is 344 g/mol. The summed E-state index contributed by atoms with van der Waals surface area (Å²) in [5, 5.41) is 18.1. The number of allylic oxidation sites excluding steroid dienone is 1. The highest BCUT2D eigenvalue weighted by molar-refractivity contribution is 5.81. The van der Waals surface area contributed by atoms with Crippen molar-refractivity contribution in [2.45, 2.75) is 38.1 Å². The predicted octanol–water partition coefficient (Wildman–Crippen LogP) is 3.14. The van der Waals surface area contributed by atoms with Crippen molar-refractivity contribution in [2.75, 3.05) is 20.5 Å². The van der Waals surface area contributed by atoms with Gasteiger partial charge in [0, 0.05) is 32.6 Å². The molecule has 1 aromatic carbocycles. The van der Waals surface area contributed by atoms with Crippen LogP contribution >= 0.6 is 0 Å². The summed E-state index contributed by atoms with van der Waals surface area (Å²) in [6.45, 7) is 0.694. The summed E-state index contributed by atoms with van der Waals surface area (Å²) < 4.78 is 15.0. The van der Waals surface area contributed by atoms with Gasteiger partial charge in [-0.15, -0.1) is 0 Å². The van der Waals surface area contributed by atoms with E-state index in [1.54, 1.807) is 6.08 Å². The molecule has 0 radical (unpaired) electrons. The van der Waals surface area contributed by atoms with E-state index in [9.17, 15) is 4.79 Å². The molecule has 2 N–H and O–H groups in total. The first-order valence-electron chi connectivity index (χ1n) is 8.25. The van der Waals surface area contributed by atoms with Crippen LogP contribution in [0.4, 0.5) is 0 Å². The topological polar surface area (TPSA) is 104 Å². The maximum atomic E-state index is 11.7. The Bertz CT molecular complexity index is 513. The third kappa shape index (κ3) is 9.04. The van der Waals surface area contributed by atoms with Crippen LogP contribution in [0.25, 0.3) is 0 Å². The molecule has 0 atom stereocenters. The van der Waals surface area contributed by atoms with Crippen LogP contribution in [-0.2, 0) is 35.4 Å². The van der Waals surface area contributed by atoms with E-state index < -0.39 is 11.8 Å². The summed E-state index contributed by atoms with van der Waals surface area (Å²) in [6.07, 6.45) is 3.95. The van der Waals surface area contributed by atoms with Crippen molar-refractivity contribution in [1.82, 2.24) is 0 Å². The van der Waals surface area contributed by atoms with Gasteiger partial charge in [0.25, 0.3) is 0 Å². The number of ether oxygens (including phenoxy) is 3. The third-order valence-electron chi connectivity index (χ3n) is 3.55. The fourth-order valence-electron chi connectivity index (χ4n) is 2.17. The summed E-state index contributed by atoms with van der Waals surface area (Å²) >= 11 is 0. The first kappa shape index (κ1) is 22.2. The minimum atomic E-state index is -1.57. The van der Waals surface area contributed by atoms with Crippen LogP contribution in [-0.4, -0.2) is 42.8 Å². The van der Waals surface area contributed by atoms with Crippen molar-refractivity contribution >= 4 is 5.97 Å². The maximum Gasteiger partial charge on any atom is 0.330 e. The third-order valence-corrected chi connectivity index (χ3v) is 3.55. The lowest BCUT2D eigenvalue weighted by molar-refractivity contribution is -0.489. The number of methoxy groups -OCH3 is 1. The van der Waals surface area contributed by atoms with Crippen LogP contribution in [0.5, 0.6) is 0 Å². The molecule has 0 saturated carbocycles. The number of esters is 1. The quantitative estimate of drug-likeness (QED) is 0.129. The standard InChI is InChI=1S/C18H26O8/c1-22-15-23-13-7-12-18(25-20,26-21)11-6-5-10-17(19)24-14-16-8-3-2-4-9-16/h2-5,8-10,20-21H,6-7,11-15H2,1H3/b10-5+. The minimum Gasteiger partial charge on any atom is -0.458 e. The Hall–Kier alpha value is -1.81. The molecular formula is C18H26O8. The van der Waals surface area contributed by atoms with Crippen molar-refractivity contribution in [3.63, 3.8) is 0 Å². The van der Waals surface area contributed by atoms with Crippen LogP contribution < -0.4 is 0 Å². The van der Waals surface area contributed by atoms with E-state index in [2.05, 4.69) is 9.78 Å².